The average Bonchev–Trinajstić information content (AvgIpc) is 2.09. The Morgan fingerprint density at radius 2 is 2.27 bits per heavy atom. The zero-order valence-corrected chi connectivity index (χ0v) is 6.92. The third kappa shape index (κ3) is 1.28. The number of hydrogen-bond acceptors (Lipinski definition) is 3. The topological polar surface area (TPSA) is 46.5 Å². The van der Waals surface area contributed by atoms with E-state index in [1.54, 1.807) is 26.8 Å². The summed E-state index contributed by atoms with van der Waals surface area (Å²) in [6, 6.07) is 0. The molecule has 0 fully saturated rings. The molecular weight excluding hydrogens is 144 g/mol. The van der Waals surface area contributed by atoms with Gasteiger partial charge >= 0.3 is 5.97 Å². The summed E-state index contributed by atoms with van der Waals surface area (Å²) < 4.78 is 4.94. The van der Waals surface area contributed by atoms with E-state index in [1.165, 1.54) is 0 Å². The fourth-order valence-corrected chi connectivity index (χ4v) is 1.00. The highest BCUT2D eigenvalue weighted by molar-refractivity contribution is 5.90. The Morgan fingerprint density at radius 1 is 1.73 bits per heavy atom. The van der Waals surface area contributed by atoms with Crippen LogP contribution in [-0.2, 0) is 9.53 Å². The van der Waals surface area contributed by atoms with Gasteiger partial charge in [0, 0.05) is 5.57 Å². The fraction of sp³-hybridized carbons (Fsp3) is 0.625. The molecule has 0 aromatic heterocycles. The zero-order chi connectivity index (χ0) is 8.65. The number of carbonyl (C=O) groups is 1. The van der Waals surface area contributed by atoms with Crippen molar-refractivity contribution in [3.05, 3.63) is 11.6 Å². The number of cyclic esters (lactones) is 1. The lowest BCUT2D eigenvalue weighted by Gasteiger charge is -2.24. The van der Waals surface area contributed by atoms with Gasteiger partial charge in [-0.2, -0.15) is 0 Å². The molecule has 0 saturated heterocycles. The lowest BCUT2D eigenvalue weighted by Crippen LogP contribution is -2.36. The Labute approximate surface area is 65.7 Å². The van der Waals surface area contributed by atoms with Gasteiger partial charge in [-0.1, -0.05) is 0 Å². The van der Waals surface area contributed by atoms with E-state index in [-0.39, 0.29) is 5.97 Å². The van der Waals surface area contributed by atoms with Gasteiger partial charge in [-0.25, -0.2) is 4.79 Å². The lowest BCUT2D eigenvalue weighted by molar-refractivity contribution is -0.152. The van der Waals surface area contributed by atoms with Gasteiger partial charge < -0.3 is 9.84 Å². The summed E-state index contributed by atoms with van der Waals surface area (Å²) in [6.07, 6.45) is 0.990. The molecule has 1 N–H and O–H groups in total. The number of hydrogen-bond donors (Lipinski definition) is 1. The van der Waals surface area contributed by atoms with Gasteiger partial charge in [0.25, 0.3) is 0 Å². The SMILES string of the molecule is CC1=CC(C)(C(C)O)OC1=O. The van der Waals surface area contributed by atoms with Gasteiger partial charge in [-0.15, -0.1) is 0 Å². The number of rotatable bonds is 1. The van der Waals surface area contributed by atoms with Crippen molar-refractivity contribution in [1.82, 2.24) is 0 Å². The van der Waals surface area contributed by atoms with Crippen LogP contribution in [-0.4, -0.2) is 22.8 Å². The zero-order valence-electron chi connectivity index (χ0n) is 6.92. The van der Waals surface area contributed by atoms with Crippen LogP contribution in [0.2, 0.25) is 0 Å². The molecule has 0 saturated carbocycles. The maximum Gasteiger partial charge on any atom is 0.334 e. The van der Waals surface area contributed by atoms with Crippen LogP contribution in [0.4, 0.5) is 0 Å². The van der Waals surface area contributed by atoms with Crippen LogP contribution in [0.25, 0.3) is 0 Å². The third-order valence-electron chi connectivity index (χ3n) is 1.97. The maximum atomic E-state index is 10.9. The van der Waals surface area contributed by atoms with Gasteiger partial charge in [0.1, 0.15) is 0 Å². The quantitative estimate of drug-likeness (QED) is 0.566. The highest BCUT2D eigenvalue weighted by Gasteiger charge is 2.38. The van der Waals surface area contributed by atoms with E-state index >= 15 is 0 Å². The first kappa shape index (κ1) is 8.27. The van der Waals surface area contributed by atoms with Crippen molar-refractivity contribution in [1.29, 1.82) is 0 Å². The number of carbonyl (C=O) groups excluding carboxylic acids is 1. The van der Waals surface area contributed by atoms with Crippen molar-refractivity contribution >= 4 is 5.97 Å². The minimum atomic E-state index is -0.818. The smallest absolute Gasteiger partial charge is 0.334 e. The largest absolute Gasteiger partial charge is 0.449 e. The molecule has 0 spiro atoms. The van der Waals surface area contributed by atoms with Gasteiger partial charge in [0.05, 0.1) is 6.10 Å². The van der Waals surface area contributed by atoms with Crippen molar-refractivity contribution in [2.24, 2.45) is 0 Å². The first-order valence-electron chi connectivity index (χ1n) is 3.56. The van der Waals surface area contributed by atoms with Gasteiger partial charge in [0.2, 0.25) is 0 Å². The summed E-state index contributed by atoms with van der Waals surface area (Å²) in [5.74, 6) is -0.339. The summed E-state index contributed by atoms with van der Waals surface area (Å²) in [6.45, 7) is 4.96. The van der Waals surface area contributed by atoms with Crippen LogP contribution < -0.4 is 0 Å². The van der Waals surface area contributed by atoms with Gasteiger partial charge in [-0.3, -0.25) is 0 Å². The van der Waals surface area contributed by atoms with Crippen molar-refractivity contribution in [2.45, 2.75) is 32.5 Å². The molecular formula is C8H12O3. The molecule has 0 aromatic rings. The summed E-state index contributed by atoms with van der Waals surface area (Å²) in [4.78, 5) is 10.9. The molecule has 1 aliphatic heterocycles. The van der Waals surface area contributed by atoms with Gasteiger partial charge in [0.15, 0.2) is 5.60 Å². The van der Waals surface area contributed by atoms with Gasteiger partial charge in [-0.05, 0) is 26.8 Å². The summed E-state index contributed by atoms with van der Waals surface area (Å²) in [5, 5.41) is 9.23. The number of ether oxygens (including phenoxy) is 1. The van der Waals surface area contributed by atoms with E-state index in [9.17, 15) is 9.90 Å². The first-order valence-corrected chi connectivity index (χ1v) is 3.56. The van der Waals surface area contributed by atoms with Crippen molar-refractivity contribution in [2.75, 3.05) is 0 Å². The van der Waals surface area contributed by atoms with Crippen LogP contribution in [0.5, 0.6) is 0 Å². The monoisotopic (exact) mass is 156 g/mol. The normalized spacial score (nSPS) is 33.1. The Balaban J connectivity index is 2.88. The van der Waals surface area contributed by atoms with E-state index in [0.29, 0.717) is 5.57 Å². The van der Waals surface area contributed by atoms with Crippen LogP contribution >= 0.6 is 0 Å². The Morgan fingerprint density at radius 3 is 2.45 bits per heavy atom. The van der Waals surface area contributed by atoms with Crippen LogP contribution in [0.15, 0.2) is 11.6 Å². The number of esters is 1. The van der Waals surface area contributed by atoms with Crippen LogP contribution in [0, 0.1) is 0 Å². The van der Waals surface area contributed by atoms with Crippen molar-refractivity contribution < 1.29 is 14.6 Å². The van der Waals surface area contributed by atoms with Crippen molar-refractivity contribution in [3.8, 4) is 0 Å². The predicted molar refractivity (Wildman–Crippen MR) is 39.9 cm³/mol. The third-order valence-corrected chi connectivity index (χ3v) is 1.97. The lowest BCUT2D eigenvalue weighted by atomic mass is 10.00. The molecule has 3 nitrogen and oxygen atoms in total. The molecule has 11 heavy (non-hydrogen) atoms. The summed E-state index contributed by atoms with van der Waals surface area (Å²) in [5.41, 5.74) is -0.255. The molecule has 2 unspecified atom stereocenters. The summed E-state index contributed by atoms with van der Waals surface area (Å²) >= 11 is 0. The molecule has 0 bridgehead atoms. The van der Waals surface area contributed by atoms with E-state index in [0.717, 1.165) is 0 Å². The predicted octanol–water partition coefficient (Wildman–Crippen LogP) is 0.629. The molecule has 0 aliphatic carbocycles. The second kappa shape index (κ2) is 2.34. The Kier molecular flexibility index (Phi) is 1.76. The molecule has 3 heteroatoms. The Bertz CT molecular complexity index is 217. The number of aliphatic hydroxyl groups is 1. The molecule has 1 rings (SSSR count). The fourth-order valence-electron chi connectivity index (χ4n) is 1.00. The first-order chi connectivity index (χ1) is 4.96. The minimum absolute atomic E-state index is 0.339. The van der Waals surface area contributed by atoms with Crippen LogP contribution in [0.3, 0.4) is 0 Å². The maximum absolute atomic E-state index is 10.9. The summed E-state index contributed by atoms with van der Waals surface area (Å²) in [7, 11) is 0. The standard InChI is InChI=1S/C8H12O3/c1-5-4-8(3,6(2)9)11-7(5)10/h4,6,9H,1-3H3. The van der Waals surface area contributed by atoms with E-state index in [2.05, 4.69) is 0 Å². The molecule has 0 amide bonds. The average molecular weight is 156 g/mol. The van der Waals surface area contributed by atoms with Crippen molar-refractivity contribution in [3.63, 3.8) is 0 Å². The second-order valence-electron chi connectivity index (χ2n) is 3.08. The molecule has 1 aliphatic rings. The minimum Gasteiger partial charge on any atom is -0.449 e. The van der Waals surface area contributed by atoms with E-state index in [1.807, 2.05) is 0 Å². The molecule has 0 aromatic carbocycles. The molecule has 0 radical (unpaired) electrons. The highest BCUT2D eigenvalue weighted by atomic mass is 16.6. The molecule has 62 valence electrons. The van der Waals surface area contributed by atoms with E-state index < -0.39 is 11.7 Å². The van der Waals surface area contributed by atoms with E-state index in [4.69, 9.17) is 4.74 Å². The number of aliphatic hydroxyl groups excluding tert-OH is 1. The second-order valence-corrected chi connectivity index (χ2v) is 3.08. The molecule has 2 atom stereocenters. The molecule has 1 heterocycles. The highest BCUT2D eigenvalue weighted by Crippen LogP contribution is 2.26. The van der Waals surface area contributed by atoms with Crippen LogP contribution in [0.1, 0.15) is 20.8 Å². The Hall–Kier alpha value is -0.830.